The number of hydrogen-bond donors (Lipinski definition) is 2. The third-order valence-electron chi connectivity index (χ3n) is 2.34. The van der Waals surface area contributed by atoms with Gasteiger partial charge in [0.05, 0.1) is 11.6 Å². The first-order valence-electron chi connectivity index (χ1n) is 5.41. The Hall–Kier alpha value is -1.14. The van der Waals surface area contributed by atoms with Crippen LogP contribution in [0.15, 0.2) is 12.3 Å². The molecule has 0 atom stereocenters. The number of amides is 1. The summed E-state index contributed by atoms with van der Waals surface area (Å²) in [7, 11) is 0. The zero-order valence-electron chi connectivity index (χ0n) is 10.1. The Labute approximate surface area is 109 Å². The van der Waals surface area contributed by atoms with Gasteiger partial charge in [0, 0.05) is 12.2 Å². The van der Waals surface area contributed by atoms with Crippen LogP contribution in [0.1, 0.15) is 30.4 Å². The fraction of sp³-hybridized carbons (Fsp3) is 0.545. The molecule has 102 valence electrons. The smallest absolute Gasteiger partial charge is 0.287 e. The lowest BCUT2D eigenvalue weighted by molar-refractivity contribution is -0.0462. The van der Waals surface area contributed by atoms with Crippen LogP contribution in [0.3, 0.4) is 0 Å². The largest absolute Gasteiger partial charge is 0.390 e. The Morgan fingerprint density at radius 1 is 1.61 bits per heavy atom. The van der Waals surface area contributed by atoms with Gasteiger partial charge in [-0.25, -0.2) is 8.78 Å². The highest BCUT2D eigenvalue weighted by atomic mass is 35.5. The summed E-state index contributed by atoms with van der Waals surface area (Å²) in [6.45, 7) is 1.47. The second kappa shape index (κ2) is 5.67. The minimum atomic E-state index is -3.32. The van der Waals surface area contributed by atoms with Gasteiger partial charge >= 0.3 is 0 Å². The molecule has 0 spiro atoms. The summed E-state index contributed by atoms with van der Waals surface area (Å²) >= 11 is 5.78. The van der Waals surface area contributed by atoms with Crippen LogP contribution in [0.4, 0.5) is 8.78 Å². The fourth-order valence-electron chi connectivity index (χ4n) is 1.41. The highest BCUT2D eigenvalue weighted by Crippen LogP contribution is 2.19. The third kappa shape index (κ3) is 3.68. The summed E-state index contributed by atoms with van der Waals surface area (Å²) in [5, 5.41) is 10.8. The number of aliphatic hydroxyl groups excluding tert-OH is 1. The number of nitrogens with one attached hydrogen (secondary N) is 1. The number of alkyl halides is 2. The molecule has 0 aliphatic carbocycles. The molecule has 1 rings (SSSR count). The van der Waals surface area contributed by atoms with Crippen molar-refractivity contribution in [2.45, 2.75) is 25.8 Å². The SMILES string of the molecule is CC(C)n1cc(Cl)cc1C(=O)NCC(F)(F)CO. The van der Waals surface area contributed by atoms with Crippen LogP contribution in [0, 0.1) is 0 Å². The van der Waals surface area contributed by atoms with E-state index in [1.54, 1.807) is 10.8 Å². The van der Waals surface area contributed by atoms with E-state index in [0.29, 0.717) is 5.02 Å². The highest BCUT2D eigenvalue weighted by molar-refractivity contribution is 6.31. The predicted octanol–water partition coefficient (Wildman–Crippen LogP) is 2.08. The van der Waals surface area contributed by atoms with E-state index in [4.69, 9.17) is 16.7 Å². The van der Waals surface area contributed by atoms with Gasteiger partial charge in [-0.1, -0.05) is 11.6 Å². The molecule has 4 nitrogen and oxygen atoms in total. The van der Waals surface area contributed by atoms with Crippen molar-refractivity contribution in [1.29, 1.82) is 0 Å². The summed E-state index contributed by atoms with van der Waals surface area (Å²) in [6.07, 6.45) is 1.56. The minimum Gasteiger partial charge on any atom is -0.390 e. The van der Waals surface area contributed by atoms with Crippen molar-refractivity contribution in [3.63, 3.8) is 0 Å². The van der Waals surface area contributed by atoms with Gasteiger partial charge in [-0.15, -0.1) is 0 Å². The molecule has 1 amide bonds. The molecule has 0 saturated carbocycles. The zero-order chi connectivity index (χ0) is 13.9. The van der Waals surface area contributed by atoms with E-state index in [2.05, 4.69) is 5.32 Å². The molecule has 0 aromatic carbocycles. The monoisotopic (exact) mass is 280 g/mol. The van der Waals surface area contributed by atoms with Gasteiger partial charge in [0.25, 0.3) is 11.8 Å². The average molecular weight is 281 g/mol. The number of rotatable bonds is 5. The molecular formula is C11H15ClF2N2O2. The van der Waals surface area contributed by atoms with Crippen LogP contribution in [-0.4, -0.2) is 34.7 Å². The number of nitrogens with zero attached hydrogens (tertiary/aromatic N) is 1. The first-order chi connectivity index (χ1) is 8.26. The van der Waals surface area contributed by atoms with Gasteiger partial charge in [0.2, 0.25) is 0 Å². The summed E-state index contributed by atoms with van der Waals surface area (Å²) < 4.78 is 27.2. The molecule has 0 bridgehead atoms. The van der Waals surface area contributed by atoms with Crippen LogP contribution in [0.5, 0.6) is 0 Å². The third-order valence-corrected chi connectivity index (χ3v) is 2.55. The second-order valence-corrected chi connectivity index (χ2v) is 4.68. The maximum atomic E-state index is 12.8. The lowest BCUT2D eigenvalue weighted by Gasteiger charge is -2.16. The van der Waals surface area contributed by atoms with Crippen molar-refractivity contribution in [3.8, 4) is 0 Å². The summed E-state index contributed by atoms with van der Waals surface area (Å²) in [5.41, 5.74) is 0.212. The number of hydrogen-bond acceptors (Lipinski definition) is 2. The molecule has 2 N–H and O–H groups in total. The van der Waals surface area contributed by atoms with Crippen LogP contribution < -0.4 is 5.32 Å². The van der Waals surface area contributed by atoms with Crippen LogP contribution in [0.2, 0.25) is 5.02 Å². The van der Waals surface area contributed by atoms with Crippen LogP contribution in [0.25, 0.3) is 0 Å². The lowest BCUT2D eigenvalue weighted by Crippen LogP contribution is -2.39. The summed E-state index contributed by atoms with van der Waals surface area (Å²) in [5.74, 6) is -3.97. The van der Waals surface area contributed by atoms with Crippen LogP contribution >= 0.6 is 11.6 Å². The van der Waals surface area contributed by atoms with E-state index < -0.39 is 25.0 Å². The van der Waals surface area contributed by atoms with Crippen molar-refractivity contribution in [1.82, 2.24) is 9.88 Å². The lowest BCUT2D eigenvalue weighted by atomic mass is 10.3. The van der Waals surface area contributed by atoms with Crippen LogP contribution in [-0.2, 0) is 0 Å². The van der Waals surface area contributed by atoms with Gasteiger partial charge in [-0.2, -0.15) is 0 Å². The second-order valence-electron chi connectivity index (χ2n) is 4.24. The standard InChI is InChI=1S/C11H15ClF2N2O2/c1-7(2)16-4-8(12)3-9(16)10(18)15-5-11(13,14)6-17/h3-4,7,17H,5-6H2,1-2H3,(H,15,18). The molecule has 1 aromatic heterocycles. The predicted molar refractivity (Wildman–Crippen MR) is 64.2 cm³/mol. The van der Waals surface area contributed by atoms with E-state index >= 15 is 0 Å². The molecule has 7 heteroatoms. The Balaban J connectivity index is 2.79. The summed E-state index contributed by atoms with van der Waals surface area (Å²) in [6, 6.07) is 1.39. The van der Waals surface area contributed by atoms with Gasteiger partial charge in [-0.3, -0.25) is 4.79 Å². The van der Waals surface area contributed by atoms with Crippen molar-refractivity contribution < 1.29 is 18.7 Å². The molecule has 0 radical (unpaired) electrons. The van der Waals surface area contributed by atoms with Gasteiger partial charge in [-0.05, 0) is 19.9 Å². The van der Waals surface area contributed by atoms with Crippen molar-refractivity contribution in [2.24, 2.45) is 0 Å². The normalized spacial score (nSPS) is 11.9. The van der Waals surface area contributed by atoms with Gasteiger partial charge in [0.15, 0.2) is 0 Å². The highest BCUT2D eigenvalue weighted by Gasteiger charge is 2.29. The molecule has 0 aliphatic rings. The molecular weight excluding hydrogens is 266 g/mol. The molecule has 0 fully saturated rings. The Bertz CT molecular complexity index is 433. The first kappa shape index (κ1) is 14.9. The average Bonchev–Trinajstić information content (AvgIpc) is 2.68. The van der Waals surface area contributed by atoms with Gasteiger partial charge < -0.3 is 15.0 Å². The topological polar surface area (TPSA) is 54.3 Å². The number of carbonyl (C=O) groups excluding carboxylic acids is 1. The van der Waals surface area contributed by atoms with Gasteiger partial charge in [0.1, 0.15) is 12.3 Å². The molecule has 0 unspecified atom stereocenters. The first-order valence-corrected chi connectivity index (χ1v) is 5.79. The van der Waals surface area contributed by atoms with E-state index in [9.17, 15) is 13.6 Å². The molecule has 1 heterocycles. The molecule has 1 aromatic rings. The summed E-state index contributed by atoms with van der Waals surface area (Å²) in [4.78, 5) is 11.7. The Morgan fingerprint density at radius 3 is 2.72 bits per heavy atom. The van der Waals surface area contributed by atoms with E-state index in [0.717, 1.165) is 0 Å². The van der Waals surface area contributed by atoms with Crippen molar-refractivity contribution >= 4 is 17.5 Å². The number of carbonyl (C=O) groups is 1. The molecule has 18 heavy (non-hydrogen) atoms. The zero-order valence-corrected chi connectivity index (χ0v) is 10.8. The minimum absolute atomic E-state index is 0.0170. The maximum absolute atomic E-state index is 12.8. The van der Waals surface area contributed by atoms with E-state index in [1.807, 2.05) is 13.8 Å². The number of aromatic nitrogens is 1. The quantitative estimate of drug-likeness (QED) is 0.868. The van der Waals surface area contributed by atoms with E-state index in [1.165, 1.54) is 6.07 Å². The number of aliphatic hydroxyl groups is 1. The van der Waals surface area contributed by atoms with Crippen molar-refractivity contribution in [2.75, 3.05) is 13.2 Å². The Morgan fingerprint density at radius 2 is 2.22 bits per heavy atom. The van der Waals surface area contributed by atoms with E-state index in [-0.39, 0.29) is 11.7 Å². The van der Waals surface area contributed by atoms with Crippen molar-refractivity contribution in [3.05, 3.63) is 23.0 Å². The number of halogens is 3. The maximum Gasteiger partial charge on any atom is 0.287 e. The molecule has 0 saturated heterocycles. The molecule has 0 aliphatic heterocycles. The fourth-order valence-corrected chi connectivity index (χ4v) is 1.62. The Kier molecular flexibility index (Phi) is 4.70.